The van der Waals surface area contributed by atoms with Crippen molar-refractivity contribution in [2.45, 2.75) is 6.04 Å². The molecule has 0 aromatic heterocycles. The zero-order valence-electron chi connectivity index (χ0n) is 8.70. The predicted molar refractivity (Wildman–Crippen MR) is 61.5 cm³/mol. The quantitative estimate of drug-likeness (QED) is 0.757. The maximum absolute atomic E-state index is 11.3. The Morgan fingerprint density at radius 3 is 2.47 bits per heavy atom. The van der Waals surface area contributed by atoms with Gasteiger partial charge in [0.05, 0.1) is 0 Å². The molecule has 82 valence electrons. The predicted octanol–water partition coefficient (Wildman–Crippen LogP) is 1.01. The minimum atomic E-state index is -0.530. The van der Waals surface area contributed by atoms with Crippen LogP contribution in [-0.4, -0.2) is 24.9 Å². The molecule has 0 saturated heterocycles. The van der Waals surface area contributed by atoms with E-state index in [4.69, 9.17) is 23.1 Å². The maximum Gasteiger partial charge on any atom is 0.239 e. The Morgan fingerprint density at radius 1 is 1.47 bits per heavy atom. The molecule has 1 amide bonds. The molecule has 1 aromatic rings. The molecule has 0 aliphatic heterocycles. The molecule has 0 spiro atoms. The SMILES string of the molecule is CN(C)C(C(N)=O)c1ccc(N)cc1Cl. The number of likely N-dealkylation sites (N-methyl/N-ethyl adjacent to an activating group) is 1. The molecule has 4 nitrogen and oxygen atoms in total. The van der Waals surface area contributed by atoms with E-state index in [9.17, 15) is 4.79 Å². The van der Waals surface area contributed by atoms with Crippen molar-refractivity contribution in [1.82, 2.24) is 4.90 Å². The van der Waals surface area contributed by atoms with Gasteiger partial charge < -0.3 is 11.5 Å². The van der Waals surface area contributed by atoms with Gasteiger partial charge >= 0.3 is 0 Å². The van der Waals surface area contributed by atoms with Crippen molar-refractivity contribution in [3.8, 4) is 0 Å². The highest BCUT2D eigenvalue weighted by atomic mass is 35.5. The monoisotopic (exact) mass is 227 g/mol. The second-order valence-electron chi connectivity index (χ2n) is 3.55. The first-order valence-corrected chi connectivity index (χ1v) is 4.82. The molecule has 0 aliphatic carbocycles. The molecule has 4 N–H and O–H groups in total. The summed E-state index contributed by atoms with van der Waals surface area (Å²) in [6.07, 6.45) is 0. The highest BCUT2D eigenvalue weighted by Crippen LogP contribution is 2.27. The van der Waals surface area contributed by atoms with E-state index in [1.54, 1.807) is 37.2 Å². The molecule has 0 bridgehead atoms. The van der Waals surface area contributed by atoms with Crippen LogP contribution in [-0.2, 0) is 4.79 Å². The van der Waals surface area contributed by atoms with Gasteiger partial charge in [-0.15, -0.1) is 0 Å². The second-order valence-corrected chi connectivity index (χ2v) is 3.96. The molecule has 0 saturated carbocycles. The number of nitrogens with two attached hydrogens (primary N) is 2. The topological polar surface area (TPSA) is 72.3 Å². The molecule has 1 rings (SSSR count). The second kappa shape index (κ2) is 4.51. The van der Waals surface area contributed by atoms with Crippen molar-refractivity contribution < 1.29 is 4.79 Å². The summed E-state index contributed by atoms with van der Waals surface area (Å²) in [4.78, 5) is 13.0. The summed E-state index contributed by atoms with van der Waals surface area (Å²) >= 11 is 6.00. The number of primary amides is 1. The van der Waals surface area contributed by atoms with E-state index in [1.807, 2.05) is 0 Å². The largest absolute Gasteiger partial charge is 0.399 e. The zero-order valence-corrected chi connectivity index (χ0v) is 9.45. The Kier molecular flexibility index (Phi) is 3.55. The first kappa shape index (κ1) is 11.8. The van der Waals surface area contributed by atoms with Crippen LogP contribution in [0.25, 0.3) is 0 Å². The number of hydrogen-bond acceptors (Lipinski definition) is 3. The minimum absolute atomic E-state index is 0.438. The zero-order chi connectivity index (χ0) is 11.6. The van der Waals surface area contributed by atoms with E-state index in [0.717, 1.165) is 0 Å². The third kappa shape index (κ3) is 2.61. The highest BCUT2D eigenvalue weighted by molar-refractivity contribution is 6.31. The Bertz CT molecular complexity index is 379. The number of benzene rings is 1. The number of halogens is 1. The number of rotatable bonds is 3. The van der Waals surface area contributed by atoms with Crippen molar-refractivity contribution in [3.05, 3.63) is 28.8 Å². The van der Waals surface area contributed by atoms with Gasteiger partial charge in [-0.2, -0.15) is 0 Å². The standard InChI is InChI=1S/C10H14ClN3O/c1-14(2)9(10(13)15)7-4-3-6(12)5-8(7)11/h3-5,9H,12H2,1-2H3,(H2,13,15). The summed E-state index contributed by atoms with van der Waals surface area (Å²) in [6, 6.07) is 4.49. The van der Waals surface area contributed by atoms with Crippen molar-refractivity contribution in [1.29, 1.82) is 0 Å². The molecule has 1 aromatic carbocycles. The number of nitrogen functional groups attached to an aromatic ring is 1. The highest BCUT2D eigenvalue weighted by Gasteiger charge is 2.22. The van der Waals surface area contributed by atoms with Gasteiger partial charge in [-0.1, -0.05) is 17.7 Å². The van der Waals surface area contributed by atoms with E-state index in [0.29, 0.717) is 16.3 Å². The Balaban J connectivity index is 3.17. The number of amides is 1. The number of anilines is 1. The van der Waals surface area contributed by atoms with Gasteiger partial charge in [0.15, 0.2) is 0 Å². The fourth-order valence-corrected chi connectivity index (χ4v) is 1.74. The van der Waals surface area contributed by atoms with E-state index >= 15 is 0 Å². The molecule has 0 radical (unpaired) electrons. The molecule has 0 aliphatic rings. The average Bonchev–Trinajstić information content (AvgIpc) is 2.08. The fraction of sp³-hybridized carbons (Fsp3) is 0.300. The Hall–Kier alpha value is -1.26. The van der Waals surface area contributed by atoms with Crippen LogP contribution in [0.4, 0.5) is 5.69 Å². The summed E-state index contributed by atoms with van der Waals surface area (Å²) in [5.41, 5.74) is 12.1. The molecule has 1 atom stereocenters. The third-order valence-corrected chi connectivity index (χ3v) is 2.43. The van der Waals surface area contributed by atoms with Gasteiger partial charge in [0.25, 0.3) is 0 Å². The van der Waals surface area contributed by atoms with E-state index < -0.39 is 11.9 Å². The van der Waals surface area contributed by atoms with E-state index in [1.165, 1.54) is 0 Å². The lowest BCUT2D eigenvalue weighted by Crippen LogP contribution is -2.33. The van der Waals surface area contributed by atoms with E-state index in [2.05, 4.69) is 0 Å². The minimum Gasteiger partial charge on any atom is -0.399 e. The first-order valence-electron chi connectivity index (χ1n) is 4.44. The van der Waals surface area contributed by atoms with Crippen molar-refractivity contribution in [2.75, 3.05) is 19.8 Å². The average molecular weight is 228 g/mol. The summed E-state index contributed by atoms with van der Waals surface area (Å²) in [5, 5.41) is 0.451. The molecule has 15 heavy (non-hydrogen) atoms. The number of hydrogen-bond donors (Lipinski definition) is 2. The molecular weight excluding hydrogens is 214 g/mol. The molecular formula is C10H14ClN3O. The summed E-state index contributed by atoms with van der Waals surface area (Å²) in [6.45, 7) is 0. The van der Waals surface area contributed by atoms with Crippen LogP contribution in [0.1, 0.15) is 11.6 Å². The van der Waals surface area contributed by atoms with Crippen LogP contribution in [0.3, 0.4) is 0 Å². The molecule has 0 fully saturated rings. The molecule has 5 heteroatoms. The smallest absolute Gasteiger partial charge is 0.239 e. The Labute approximate surface area is 93.8 Å². The van der Waals surface area contributed by atoms with Gasteiger partial charge in [0.2, 0.25) is 5.91 Å². The summed E-state index contributed by atoms with van der Waals surface area (Å²) < 4.78 is 0. The van der Waals surface area contributed by atoms with Gasteiger partial charge in [-0.05, 0) is 31.8 Å². The van der Waals surface area contributed by atoms with Crippen LogP contribution in [0.2, 0.25) is 5.02 Å². The van der Waals surface area contributed by atoms with Gasteiger partial charge in [0.1, 0.15) is 6.04 Å². The van der Waals surface area contributed by atoms with Crippen molar-refractivity contribution >= 4 is 23.2 Å². The lowest BCUT2D eigenvalue weighted by Gasteiger charge is -2.22. The molecule has 1 unspecified atom stereocenters. The Morgan fingerprint density at radius 2 is 2.07 bits per heavy atom. The van der Waals surface area contributed by atoms with Crippen LogP contribution >= 0.6 is 11.6 Å². The number of nitrogens with zero attached hydrogens (tertiary/aromatic N) is 1. The maximum atomic E-state index is 11.3. The lowest BCUT2D eigenvalue weighted by molar-refractivity contribution is -0.122. The summed E-state index contributed by atoms with van der Waals surface area (Å²) in [5.74, 6) is -0.438. The fourth-order valence-electron chi connectivity index (χ4n) is 1.45. The van der Waals surface area contributed by atoms with Gasteiger partial charge in [0, 0.05) is 10.7 Å². The van der Waals surface area contributed by atoms with E-state index in [-0.39, 0.29) is 0 Å². The third-order valence-electron chi connectivity index (χ3n) is 2.10. The van der Waals surface area contributed by atoms with Crippen LogP contribution in [0.5, 0.6) is 0 Å². The van der Waals surface area contributed by atoms with Crippen LogP contribution < -0.4 is 11.5 Å². The lowest BCUT2D eigenvalue weighted by atomic mass is 10.1. The van der Waals surface area contributed by atoms with Gasteiger partial charge in [-0.3, -0.25) is 9.69 Å². The van der Waals surface area contributed by atoms with Crippen molar-refractivity contribution in [2.24, 2.45) is 5.73 Å². The van der Waals surface area contributed by atoms with Crippen LogP contribution in [0, 0.1) is 0 Å². The normalized spacial score (nSPS) is 12.8. The number of carbonyl (C=O) groups excluding carboxylic acids is 1. The molecule has 0 heterocycles. The number of carbonyl (C=O) groups is 1. The van der Waals surface area contributed by atoms with Crippen LogP contribution in [0.15, 0.2) is 18.2 Å². The van der Waals surface area contributed by atoms with Crippen molar-refractivity contribution in [3.63, 3.8) is 0 Å². The van der Waals surface area contributed by atoms with Gasteiger partial charge in [-0.25, -0.2) is 0 Å². The first-order chi connectivity index (χ1) is 6.93. The summed E-state index contributed by atoms with van der Waals surface area (Å²) in [7, 11) is 3.53.